The van der Waals surface area contributed by atoms with Gasteiger partial charge in [0.25, 0.3) is 0 Å². The van der Waals surface area contributed by atoms with Crippen LogP contribution < -0.4 is 0 Å². The molecule has 0 aromatic heterocycles. The lowest BCUT2D eigenvalue weighted by Crippen LogP contribution is -2.10. The fourth-order valence-corrected chi connectivity index (χ4v) is 0.790. The minimum atomic E-state index is -0.266. The van der Waals surface area contributed by atoms with Gasteiger partial charge in [0.05, 0.1) is 6.61 Å². The van der Waals surface area contributed by atoms with Gasteiger partial charge < -0.3 is 9.47 Å². The molecular formula is C10H14O3. The molecule has 13 heavy (non-hydrogen) atoms. The van der Waals surface area contributed by atoms with Crippen molar-refractivity contribution < 1.29 is 14.3 Å². The Morgan fingerprint density at radius 1 is 1.77 bits per heavy atom. The second-order valence-electron chi connectivity index (χ2n) is 2.97. The number of epoxide rings is 1. The Hall–Kier alpha value is -1.09. The lowest BCUT2D eigenvalue weighted by atomic mass is 10.2. The maximum absolute atomic E-state index is 11.2. The fraction of sp³-hybridized carbons (Fsp3) is 0.500. The molecule has 1 heterocycles. The molecule has 1 atom stereocenters. The normalized spacial score (nSPS) is 21.0. The standard InChI is InChI=1S/C10H14O3/c1-3-4-5-8(2)10(11)13-7-9-6-12-9/h3,5,9H,1,4,6-7H2,2H3/b8-5+. The van der Waals surface area contributed by atoms with Gasteiger partial charge in [0.2, 0.25) is 0 Å². The average Bonchev–Trinajstić information content (AvgIpc) is 2.93. The zero-order chi connectivity index (χ0) is 9.68. The van der Waals surface area contributed by atoms with Gasteiger partial charge in [0, 0.05) is 5.57 Å². The highest BCUT2D eigenvalue weighted by atomic mass is 16.6. The maximum atomic E-state index is 11.2. The summed E-state index contributed by atoms with van der Waals surface area (Å²) in [5.74, 6) is -0.266. The summed E-state index contributed by atoms with van der Waals surface area (Å²) >= 11 is 0. The fourth-order valence-electron chi connectivity index (χ4n) is 0.790. The van der Waals surface area contributed by atoms with Gasteiger partial charge >= 0.3 is 5.97 Å². The smallest absolute Gasteiger partial charge is 0.333 e. The molecule has 0 N–H and O–H groups in total. The van der Waals surface area contributed by atoms with E-state index in [-0.39, 0.29) is 12.1 Å². The van der Waals surface area contributed by atoms with E-state index in [0.717, 1.165) is 0 Å². The molecule has 1 aliphatic heterocycles. The number of esters is 1. The lowest BCUT2D eigenvalue weighted by Gasteiger charge is -2.01. The Balaban J connectivity index is 2.23. The molecule has 0 bridgehead atoms. The Labute approximate surface area is 78.0 Å². The van der Waals surface area contributed by atoms with Crippen LogP contribution in [0.1, 0.15) is 13.3 Å². The first-order valence-electron chi connectivity index (χ1n) is 4.30. The van der Waals surface area contributed by atoms with E-state index in [4.69, 9.17) is 9.47 Å². The van der Waals surface area contributed by atoms with E-state index >= 15 is 0 Å². The summed E-state index contributed by atoms with van der Waals surface area (Å²) in [7, 11) is 0. The van der Waals surface area contributed by atoms with Crippen LogP contribution in [0, 0.1) is 0 Å². The van der Waals surface area contributed by atoms with Gasteiger partial charge in [-0.2, -0.15) is 0 Å². The molecule has 3 nitrogen and oxygen atoms in total. The van der Waals surface area contributed by atoms with Crippen molar-refractivity contribution in [3.8, 4) is 0 Å². The molecule has 1 unspecified atom stereocenters. The van der Waals surface area contributed by atoms with Crippen molar-refractivity contribution in [2.45, 2.75) is 19.4 Å². The number of carbonyl (C=O) groups is 1. The monoisotopic (exact) mass is 182 g/mol. The molecule has 1 fully saturated rings. The van der Waals surface area contributed by atoms with Crippen LogP contribution in [0.15, 0.2) is 24.3 Å². The molecule has 1 rings (SSSR count). The molecule has 1 saturated heterocycles. The number of carbonyl (C=O) groups excluding carboxylic acids is 1. The van der Waals surface area contributed by atoms with Crippen LogP contribution in [0.4, 0.5) is 0 Å². The summed E-state index contributed by atoms with van der Waals surface area (Å²) in [6, 6.07) is 0. The van der Waals surface area contributed by atoms with Gasteiger partial charge in [0.1, 0.15) is 12.7 Å². The molecular weight excluding hydrogens is 168 g/mol. The zero-order valence-corrected chi connectivity index (χ0v) is 7.79. The van der Waals surface area contributed by atoms with Gasteiger partial charge in [-0.25, -0.2) is 4.79 Å². The molecule has 1 aliphatic rings. The van der Waals surface area contributed by atoms with Crippen LogP contribution >= 0.6 is 0 Å². The molecule has 0 spiro atoms. The number of hydrogen-bond donors (Lipinski definition) is 0. The highest BCUT2D eigenvalue weighted by Crippen LogP contribution is 2.10. The van der Waals surface area contributed by atoms with E-state index in [1.54, 1.807) is 19.1 Å². The Kier molecular flexibility index (Phi) is 3.71. The van der Waals surface area contributed by atoms with Crippen LogP contribution in [0.25, 0.3) is 0 Å². The number of ether oxygens (including phenoxy) is 2. The summed E-state index contributed by atoms with van der Waals surface area (Å²) < 4.78 is 9.87. The van der Waals surface area contributed by atoms with Gasteiger partial charge in [-0.05, 0) is 13.3 Å². The summed E-state index contributed by atoms with van der Waals surface area (Å²) in [4.78, 5) is 11.2. The Morgan fingerprint density at radius 3 is 3.00 bits per heavy atom. The van der Waals surface area contributed by atoms with Gasteiger partial charge in [0.15, 0.2) is 0 Å². The topological polar surface area (TPSA) is 38.8 Å². The molecule has 0 radical (unpaired) electrons. The lowest BCUT2D eigenvalue weighted by molar-refractivity contribution is -0.139. The molecule has 72 valence electrons. The minimum Gasteiger partial charge on any atom is -0.459 e. The number of allylic oxidation sites excluding steroid dienone is 2. The minimum absolute atomic E-state index is 0.135. The molecule has 0 aromatic carbocycles. The summed E-state index contributed by atoms with van der Waals surface area (Å²) in [5.41, 5.74) is 0.626. The summed E-state index contributed by atoms with van der Waals surface area (Å²) in [5, 5.41) is 0. The predicted molar refractivity (Wildman–Crippen MR) is 49.3 cm³/mol. The van der Waals surface area contributed by atoms with Crippen LogP contribution in [-0.4, -0.2) is 25.3 Å². The van der Waals surface area contributed by atoms with E-state index in [2.05, 4.69) is 6.58 Å². The molecule has 0 aromatic rings. The highest BCUT2D eigenvalue weighted by Gasteiger charge is 2.24. The van der Waals surface area contributed by atoms with Crippen molar-refractivity contribution >= 4 is 5.97 Å². The third-order valence-electron chi connectivity index (χ3n) is 1.72. The first-order chi connectivity index (χ1) is 6.24. The Bertz CT molecular complexity index is 226. The number of hydrogen-bond acceptors (Lipinski definition) is 3. The zero-order valence-electron chi connectivity index (χ0n) is 7.79. The first kappa shape index (κ1) is 9.99. The third kappa shape index (κ3) is 3.90. The molecule has 0 saturated carbocycles. The van der Waals surface area contributed by atoms with Gasteiger partial charge in [-0.15, -0.1) is 6.58 Å². The number of rotatable bonds is 5. The van der Waals surface area contributed by atoms with Crippen molar-refractivity contribution in [1.29, 1.82) is 0 Å². The highest BCUT2D eigenvalue weighted by molar-refractivity contribution is 5.87. The van der Waals surface area contributed by atoms with Crippen LogP contribution in [0.3, 0.4) is 0 Å². The molecule has 3 heteroatoms. The van der Waals surface area contributed by atoms with Crippen molar-refractivity contribution in [3.05, 3.63) is 24.3 Å². The largest absolute Gasteiger partial charge is 0.459 e. The second-order valence-corrected chi connectivity index (χ2v) is 2.97. The van der Waals surface area contributed by atoms with E-state index < -0.39 is 0 Å². The van der Waals surface area contributed by atoms with Crippen molar-refractivity contribution in [3.63, 3.8) is 0 Å². The molecule has 0 aliphatic carbocycles. The van der Waals surface area contributed by atoms with Crippen LogP contribution in [0.5, 0.6) is 0 Å². The average molecular weight is 182 g/mol. The predicted octanol–water partition coefficient (Wildman–Crippen LogP) is 1.45. The Morgan fingerprint density at radius 2 is 2.46 bits per heavy atom. The SMILES string of the molecule is C=CC/C=C(\C)C(=O)OCC1CO1. The second kappa shape index (κ2) is 4.82. The summed E-state index contributed by atoms with van der Waals surface area (Å²) in [6.07, 6.45) is 4.36. The van der Waals surface area contributed by atoms with Crippen molar-refractivity contribution in [2.24, 2.45) is 0 Å². The van der Waals surface area contributed by atoms with E-state index in [9.17, 15) is 4.79 Å². The van der Waals surface area contributed by atoms with E-state index in [1.807, 2.05) is 0 Å². The van der Waals surface area contributed by atoms with Crippen molar-refractivity contribution in [1.82, 2.24) is 0 Å². The van der Waals surface area contributed by atoms with Crippen molar-refractivity contribution in [2.75, 3.05) is 13.2 Å². The van der Waals surface area contributed by atoms with Crippen LogP contribution in [0.2, 0.25) is 0 Å². The van der Waals surface area contributed by atoms with E-state index in [0.29, 0.717) is 25.2 Å². The quantitative estimate of drug-likeness (QED) is 0.279. The first-order valence-corrected chi connectivity index (χ1v) is 4.30. The summed E-state index contributed by atoms with van der Waals surface area (Å²) in [6.45, 7) is 6.38. The van der Waals surface area contributed by atoms with Gasteiger partial charge in [-0.3, -0.25) is 0 Å². The maximum Gasteiger partial charge on any atom is 0.333 e. The van der Waals surface area contributed by atoms with Crippen LogP contribution in [-0.2, 0) is 14.3 Å². The van der Waals surface area contributed by atoms with Gasteiger partial charge in [-0.1, -0.05) is 12.2 Å². The molecule has 0 amide bonds. The third-order valence-corrected chi connectivity index (χ3v) is 1.72. The van der Waals surface area contributed by atoms with E-state index in [1.165, 1.54) is 0 Å².